The lowest BCUT2D eigenvalue weighted by atomic mass is 9.84. The summed E-state index contributed by atoms with van der Waals surface area (Å²) < 4.78 is 96.0. The highest BCUT2D eigenvalue weighted by Crippen LogP contribution is 2.58. The zero-order valence-corrected chi connectivity index (χ0v) is 21.2. The van der Waals surface area contributed by atoms with Crippen LogP contribution in [0.4, 0.5) is 26.3 Å². The summed E-state index contributed by atoms with van der Waals surface area (Å²) in [7, 11) is 0. The molecule has 0 nitrogen and oxygen atoms in total. The van der Waals surface area contributed by atoms with E-state index in [1.807, 2.05) is 24.3 Å². The first-order valence-corrected chi connectivity index (χ1v) is 13.1. The van der Waals surface area contributed by atoms with Crippen molar-refractivity contribution in [1.82, 2.24) is 0 Å². The van der Waals surface area contributed by atoms with Gasteiger partial charge in [-0.15, -0.1) is 0 Å². The van der Waals surface area contributed by atoms with Gasteiger partial charge in [0.05, 0.1) is 0 Å². The maximum absolute atomic E-state index is 16.0. The molecule has 0 saturated heterocycles. The molecule has 8 aromatic carbocycles. The van der Waals surface area contributed by atoms with E-state index in [0.29, 0.717) is 32.3 Å². The molecule has 0 aliphatic heterocycles. The van der Waals surface area contributed by atoms with Crippen LogP contribution in [0.15, 0.2) is 109 Å². The van der Waals surface area contributed by atoms with E-state index in [2.05, 4.69) is 0 Å². The molecule has 0 aliphatic rings. The quantitative estimate of drug-likeness (QED) is 0.150. The summed E-state index contributed by atoms with van der Waals surface area (Å²) in [6.45, 7) is 0. The van der Waals surface area contributed by atoms with Crippen molar-refractivity contribution < 1.29 is 26.3 Å². The Labute approximate surface area is 229 Å². The Hall–Kier alpha value is -4.58. The zero-order chi connectivity index (χ0) is 28.3. The lowest BCUT2D eigenvalue weighted by molar-refractivity contribution is -0.320. The van der Waals surface area contributed by atoms with Crippen molar-refractivity contribution in [2.45, 2.75) is 17.8 Å². The van der Waals surface area contributed by atoms with Crippen LogP contribution in [0.25, 0.3) is 64.6 Å². The Morgan fingerprint density at radius 2 is 0.610 bits per heavy atom. The number of rotatable bonds is 4. The third-order valence-electron chi connectivity index (χ3n) is 8.52. The monoisotopic (exact) mass is 552 g/mol. The van der Waals surface area contributed by atoms with Crippen molar-refractivity contribution in [1.29, 1.82) is 0 Å². The van der Waals surface area contributed by atoms with Gasteiger partial charge in [-0.3, -0.25) is 0 Å². The second kappa shape index (κ2) is 7.78. The number of halogens is 6. The Kier molecular flexibility index (Phi) is 4.60. The Balaban J connectivity index is 1.36. The minimum absolute atomic E-state index is 0.178. The number of benzene rings is 8. The smallest absolute Gasteiger partial charge is 0.194 e. The molecule has 0 aliphatic carbocycles. The molecule has 6 heteroatoms. The molecule has 0 unspecified atom stereocenters. The van der Waals surface area contributed by atoms with Gasteiger partial charge in [-0.25, -0.2) is 0 Å². The molecule has 8 rings (SSSR count). The fraction of sp³-hybridized carbons (Fsp3) is 0.0857. The van der Waals surface area contributed by atoms with Crippen molar-refractivity contribution in [3.63, 3.8) is 0 Å². The third-order valence-corrected chi connectivity index (χ3v) is 8.52. The van der Waals surface area contributed by atoms with Crippen LogP contribution in [0, 0.1) is 0 Å². The second-order valence-corrected chi connectivity index (χ2v) is 10.7. The molecule has 41 heavy (non-hydrogen) atoms. The van der Waals surface area contributed by atoms with Gasteiger partial charge in [0.15, 0.2) is 0 Å². The molecule has 0 radical (unpaired) electrons. The van der Waals surface area contributed by atoms with Gasteiger partial charge in [-0.1, -0.05) is 109 Å². The SMILES string of the molecule is FC(F)(c1ccc2ccc3cccc4ccc1c2c34)C(F)(F)C(F)(F)c1ccc2ccc3cccc4ccc1c2c34. The average molecular weight is 553 g/mol. The molecule has 0 N–H and O–H groups in total. The van der Waals surface area contributed by atoms with E-state index in [-0.39, 0.29) is 10.8 Å². The van der Waals surface area contributed by atoms with Gasteiger partial charge in [0.1, 0.15) is 0 Å². The zero-order valence-electron chi connectivity index (χ0n) is 21.2. The van der Waals surface area contributed by atoms with Crippen LogP contribution in [0.3, 0.4) is 0 Å². The predicted molar refractivity (Wildman–Crippen MR) is 153 cm³/mol. The Morgan fingerprint density at radius 1 is 0.317 bits per heavy atom. The van der Waals surface area contributed by atoms with Gasteiger partial charge in [0, 0.05) is 11.1 Å². The lowest BCUT2D eigenvalue weighted by Gasteiger charge is -2.34. The van der Waals surface area contributed by atoms with Gasteiger partial charge in [-0.05, 0) is 64.6 Å². The van der Waals surface area contributed by atoms with Crippen molar-refractivity contribution in [2.24, 2.45) is 0 Å². The van der Waals surface area contributed by atoms with E-state index in [0.717, 1.165) is 33.7 Å². The van der Waals surface area contributed by atoms with Gasteiger partial charge >= 0.3 is 17.8 Å². The fourth-order valence-corrected chi connectivity index (χ4v) is 6.55. The van der Waals surface area contributed by atoms with Crippen molar-refractivity contribution in [2.75, 3.05) is 0 Å². The molecule has 0 saturated carbocycles. The van der Waals surface area contributed by atoms with Crippen molar-refractivity contribution in [3.8, 4) is 0 Å². The molecule has 8 aromatic rings. The Morgan fingerprint density at radius 3 is 0.976 bits per heavy atom. The largest absolute Gasteiger partial charge is 0.380 e. The molecule has 0 spiro atoms. The molecule has 200 valence electrons. The number of alkyl halides is 6. The van der Waals surface area contributed by atoms with Crippen molar-refractivity contribution >= 4 is 64.6 Å². The minimum atomic E-state index is -5.76. The lowest BCUT2D eigenvalue weighted by Crippen LogP contribution is -2.50. The summed E-state index contributed by atoms with van der Waals surface area (Å²) in [4.78, 5) is 0. The van der Waals surface area contributed by atoms with E-state index >= 15 is 26.3 Å². The summed E-state index contributed by atoms with van der Waals surface area (Å²) in [5.74, 6) is -16.2. The maximum atomic E-state index is 16.0. The molecular weight excluding hydrogens is 534 g/mol. The van der Waals surface area contributed by atoms with Gasteiger partial charge in [0.2, 0.25) is 0 Å². The van der Waals surface area contributed by atoms with Crippen molar-refractivity contribution in [3.05, 3.63) is 120 Å². The van der Waals surface area contributed by atoms with Crippen LogP contribution in [0.5, 0.6) is 0 Å². The molecular formula is C35H18F6. The van der Waals surface area contributed by atoms with E-state index in [4.69, 9.17) is 0 Å². The maximum Gasteiger partial charge on any atom is 0.380 e. The topological polar surface area (TPSA) is 0 Å². The van der Waals surface area contributed by atoms with Crippen LogP contribution in [-0.4, -0.2) is 5.92 Å². The Bertz CT molecular complexity index is 2110. The van der Waals surface area contributed by atoms with Gasteiger partial charge in [0.25, 0.3) is 0 Å². The molecule has 0 aromatic heterocycles. The van der Waals surface area contributed by atoms with Crippen LogP contribution >= 0.6 is 0 Å². The predicted octanol–water partition coefficient (Wildman–Crippen LogP) is 11.0. The highest BCUT2D eigenvalue weighted by Gasteiger charge is 2.73. The molecule has 0 fully saturated rings. The molecule has 0 amide bonds. The summed E-state index contributed by atoms with van der Waals surface area (Å²) in [5, 5.41) is 5.68. The summed E-state index contributed by atoms with van der Waals surface area (Å²) >= 11 is 0. The van der Waals surface area contributed by atoms with E-state index in [1.165, 1.54) is 24.3 Å². The minimum Gasteiger partial charge on any atom is -0.194 e. The van der Waals surface area contributed by atoms with E-state index in [9.17, 15) is 0 Å². The summed E-state index contributed by atoms with van der Waals surface area (Å²) in [6, 6.07) is 27.9. The van der Waals surface area contributed by atoms with Gasteiger partial charge in [-0.2, -0.15) is 26.3 Å². The van der Waals surface area contributed by atoms with Crippen LogP contribution in [0.2, 0.25) is 0 Å². The standard InChI is InChI=1S/C35H18F6/c36-33(37,27-17-13-23-9-7-19-3-1-5-21-11-15-25(27)31(23)29(19)21)35(40,41)34(38,39)28-18-14-24-10-8-20-4-2-6-22-12-16-26(28)32(24)30(20)22/h1-18H. The first-order chi connectivity index (χ1) is 19.6. The van der Waals surface area contributed by atoms with E-state index in [1.54, 1.807) is 48.5 Å². The molecule has 0 atom stereocenters. The van der Waals surface area contributed by atoms with Crippen LogP contribution < -0.4 is 0 Å². The summed E-state index contributed by atoms with van der Waals surface area (Å²) in [6.07, 6.45) is 0. The molecule has 0 bridgehead atoms. The van der Waals surface area contributed by atoms with E-state index < -0.39 is 28.9 Å². The molecule has 0 heterocycles. The average Bonchev–Trinajstić information content (AvgIpc) is 2.98. The first kappa shape index (κ1) is 24.2. The normalized spacial score (nSPS) is 13.6. The third kappa shape index (κ3) is 2.97. The summed E-state index contributed by atoms with van der Waals surface area (Å²) in [5.41, 5.74) is -2.27. The van der Waals surface area contributed by atoms with Crippen LogP contribution in [-0.2, 0) is 11.8 Å². The highest BCUT2D eigenvalue weighted by atomic mass is 19.3. The van der Waals surface area contributed by atoms with Gasteiger partial charge < -0.3 is 0 Å². The fourth-order valence-electron chi connectivity index (χ4n) is 6.55. The number of hydrogen-bond acceptors (Lipinski definition) is 0. The number of hydrogen-bond donors (Lipinski definition) is 0. The van der Waals surface area contributed by atoms with Crippen LogP contribution in [0.1, 0.15) is 11.1 Å². The second-order valence-electron chi connectivity index (χ2n) is 10.7. The highest BCUT2D eigenvalue weighted by molar-refractivity contribution is 6.24. The first-order valence-electron chi connectivity index (χ1n) is 13.1.